The molecule has 45 heavy (non-hydrogen) atoms. The first-order valence-corrected chi connectivity index (χ1v) is 18.3. The molecule has 2 amide bonds. The number of aromatic nitrogens is 1. The van der Waals surface area contributed by atoms with E-state index < -0.39 is 21.3 Å². The summed E-state index contributed by atoms with van der Waals surface area (Å²) in [6.07, 6.45) is 9.84. The smallest absolute Gasteiger partial charge is 0.264 e. The molecule has 1 aromatic heterocycles. The van der Waals surface area contributed by atoms with Crippen LogP contribution < -0.4 is 9.46 Å². The Morgan fingerprint density at radius 3 is 2.40 bits per heavy atom. The number of rotatable bonds is 5. The number of piperazine rings is 1. The van der Waals surface area contributed by atoms with Crippen molar-refractivity contribution in [2.75, 3.05) is 33.5 Å². The molecule has 4 heterocycles. The maximum absolute atomic E-state index is 14.8. The zero-order chi connectivity index (χ0) is 31.2. The molecule has 2 bridgehead atoms. The lowest BCUT2D eigenvalue weighted by Gasteiger charge is -2.40. The summed E-state index contributed by atoms with van der Waals surface area (Å²) in [5.74, 6) is 0.848. The van der Waals surface area contributed by atoms with Gasteiger partial charge in [0, 0.05) is 59.7 Å². The third-order valence-electron chi connectivity index (χ3n) is 11.6. The molecule has 4 unspecified atom stereocenters. The molecule has 0 spiro atoms. The highest BCUT2D eigenvalue weighted by atomic mass is 32.2. The normalized spacial score (nSPS) is 27.8. The average molecular weight is 631 g/mol. The Labute approximate surface area is 264 Å². The van der Waals surface area contributed by atoms with Gasteiger partial charge in [0.15, 0.2) is 0 Å². The Kier molecular flexibility index (Phi) is 6.66. The van der Waals surface area contributed by atoms with Crippen molar-refractivity contribution in [2.45, 2.75) is 81.8 Å². The molecular weight excluding hydrogens is 588 g/mol. The van der Waals surface area contributed by atoms with Gasteiger partial charge in [-0.05, 0) is 86.5 Å². The van der Waals surface area contributed by atoms with Gasteiger partial charge in [-0.15, -0.1) is 0 Å². The van der Waals surface area contributed by atoms with Crippen molar-refractivity contribution in [3.8, 4) is 17.0 Å². The van der Waals surface area contributed by atoms with E-state index >= 15 is 0 Å². The van der Waals surface area contributed by atoms with Crippen LogP contribution in [0.25, 0.3) is 22.2 Å². The van der Waals surface area contributed by atoms with Crippen LogP contribution in [-0.4, -0.2) is 80.2 Å². The number of methoxy groups -OCH3 is 1. The summed E-state index contributed by atoms with van der Waals surface area (Å²) in [6, 6.07) is 12.7. The molecule has 238 valence electrons. The van der Waals surface area contributed by atoms with Crippen molar-refractivity contribution in [1.82, 2.24) is 19.1 Å². The fourth-order valence-electron chi connectivity index (χ4n) is 9.24. The topological polar surface area (TPSA) is 101 Å². The second-order valence-corrected chi connectivity index (χ2v) is 16.0. The SMILES string of the molecule is COc1ccc2c(c1)C1CC1(C(=O)N1CC3CCC(C1)N3C)Cn1c-2c(C2CCCCC2)c2ccc(C(=O)NS(C)(=O)=O)cc21. The summed E-state index contributed by atoms with van der Waals surface area (Å²) < 4.78 is 34.1. The first-order valence-electron chi connectivity index (χ1n) is 16.5. The number of carbonyl (C=O) groups excluding carboxylic acids is 2. The molecule has 8 rings (SSSR count). The Morgan fingerprint density at radius 2 is 1.71 bits per heavy atom. The molecule has 2 saturated heterocycles. The molecule has 3 aromatic rings. The molecule has 1 N–H and O–H groups in total. The largest absolute Gasteiger partial charge is 0.497 e. The second kappa shape index (κ2) is 10.3. The van der Waals surface area contributed by atoms with Gasteiger partial charge in [-0.2, -0.15) is 0 Å². The van der Waals surface area contributed by atoms with Gasteiger partial charge in [0.2, 0.25) is 15.9 Å². The van der Waals surface area contributed by atoms with Crippen LogP contribution in [-0.2, 0) is 21.4 Å². The minimum Gasteiger partial charge on any atom is -0.497 e. The number of nitrogens with zero attached hydrogens (tertiary/aromatic N) is 3. The monoisotopic (exact) mass is 630 g/mol. The maximum Gasteiger partial charge on any atom is 0.264 e. The van der Waals surface area contributed by atoms with Crippen LogP contribution in [0.2, 0.25) is 0 Å². The third-order valence-corrected chi connectivity index (χ3v) is 12.2. The van der Waals surface area contributed by atoms with Crippen molar-refractivity contribution >= 4 is 32.7 Å². The van der Waals surface area contributed by atoms with E-state index in [0.29, 0.717) is 30.1 Å². The Balaban J connectivity index is 1.32. The zero-order valence-electron chi connectivity index (χ0n) is 26.3. The number of likely N-dealkylation sites (tertiary alicyclic amines) is 1. The van der Waals surface area contributed by atoms with E-state index in [-0.39, 0.29) is 11.8 Å². The van der Waals surface area contributed by atoms with Crippen molar-refractivity contribution < 1.29 is 22.7 Å². The van der Waals surface area contributed by atoms with E-state index in [1.165, 1.54) is 30.4 Å². The predicted octanol–water partition coefficient (Wildman–Crippen LogP) is 4.85. The van der Waals surface area contributed by atoms with Gasteiger partial charge in [0.1, 0.15) is 5.75 Å². The highest BCUT2D eigenvalue weighted by molar-refractivity contribution is 7.89. The summed E-state index contributed by atoms with van der Waals surface area (Å²) in [6.45, 7) is 2.08. The van der Waals surface area contributed by atoms with Gasteiger partial charge in [-0.25, -0.2) is 13.1 Å². The van der Waals surface area contributed by atoms with Gasteiger partial charge in [0.05, 0.1) is 24.5 Å². The summed E-state index contributed by atoms with van der Waals surface area (Å²) in [5, 5.41) is 1.09. The quantitative estimate of drug-likeness (QED) is 0.433. The molecule has 9 nitrogen and oxygen atoms in total. The van der Waals surface area contributed by atoms with E-state index in [9.17, 15) is 18.0 Å². The van der Waals surface area contributed by atoms with Gasteiger partial charge in [-0.3, -0.25) is 14.5 Å². The van der Waals surface area contributed by atoms with Crippen LogP contribution in [0.5, 0.6) is 5.75 Å². The molecular formula is C35H42N4O5S. The maximum atomic E-state index is 14.8. The average Bonchev–Trinajstić information content (AvgIpc) is 3.65. The number of sulfonamides is 1. The van der Waals surface area contributed by atoms with Crippen LogP contribution in [0.15, 0.2) is 36.4 Å². The number of fused-ring (bicyclic) bond motifs is 9. The molecule has 10 heteroatoms. The van der Waals surface area contributed by atoms with Crippen LogP contribution >= 0.6 is 0 Å². The highest BCUT2D eigenvalue weighted by Gasteiger charge is 2.64. The van der Waals surface area contributed by atoms with Crippen LogP contribution in [0.1, 0.15) is 84.7 Å². The number of carbonyl (C=O) groups is 2. The lowest BCUT2D eigenvalue weighted by atomic mass is 9.81. The number of benzene rings is 2. The van der Waals surface area contributed by atoms with Crippen molar-refractivity contribution in [2.24, 2.45) is 5.41 Å². The molecule has 0 radical (unpaired) electrons. The minimum absolute atomic E-state index is 0.0817. The summed E-state index contributed by atoms with van der Waals surface area (Å²) >= 11 is 0. The van der Waals surface area contributed by atoms with E-state index in [1.54, 1.807) is 13.2 Å². The number of ether oxygens (including phenoxy) is 1. The number of hydrogen-bond acceptors (Lipinski definition) is 6. The predicted molar refractivity (Wildman–Crippen MR) is 173 cm³/mol. The van der Waals surface area contributed by atoms with Gasteiger partial charge in [-0.1, -0.05) is 25.3 Å². The second-order valence-electron chi connectivity index (χ2n) is 14.2. The molecule has 2 aliphatic carbocycles. The Morgan fingerprint density at radius 1 is 0.978 bits per heavy atom. The molecule has 5 aliphatic rings. The summed E-state index contributed by atoms with van der Waals surface area (Å²) in [7, 11) is 0.163. The van der Waals surface area contributed by atoms with Crippen molar-refractivity contribution in [1.29, 1.82) is 0 Å². The van der Waals surface area contributed by atoms with Crippen LogP contribution in [0.3, 0.4) is 0 Å². The lowest BCUT2D eigenvalue weighted by molar-refractivity contribution is -0.141. The van der Waals surface area contributed by atoms with Crippen molar-refractivity contribution in [3.05, 3.63) is 53.1 Å². The van der Waals surface area contributed by atoms with E-state index in [4.69, 9.17) is 4.74 Å². The number of nitrogens with one attached hydrogen (secondary N) is 1. The van der Waals surface area contributed by atoms with E-state index in [2.05, 4.69) is 38.3 Å². The number of likely N-dealkylation sites (N-methyl/N-ethyl adjacent to an activating group) is 1. The van der Waals surface area contributed by atoms with Gasteiger partial charge in [0.25, 0.3) is 5.91 Å². The zero-order valence-corrected chi connectivity index (χ0v) is 27.2. The Bertz CT molecular complexity index is 1830. The molecule has 2 aromatic carbocycles. The first-order chi connectivity index (χ1) is 21.6. The molecule has 4 fully saturated rings. The van der Waals surface area contributed by atoms with Crippen LogP contribution in [0.4, 0.5) is 0 Å². The van der Waals surface area contributed by atoms with Gasteiger partial charge >= 0.3 is 0 Å². The number of amides is 2. The fourth-order valence-corrected chi connectivity index (χ4v) is 9.70. The number of hydrogen-bond donors (Lipinski definition) is 1. The first kappa shape index (κ1) is 29.1. The van der Waals surface area contributed by atoms with Crippen LogP contribution in [0, 0.1) is 5.41 Å². The lowest BCUT2D eigenvalue weighted by Crippen LogP contribution is -2.55. The van der Waals surface area contributed by atoms with Gasteiger partial charge < -0.3 is 14.2 Å². The highest BCUT2D eigenvalue weighted by Crippen LogP contribution is 2.66. The summed E-state index contributed by atoms with van der Waals surface area (Å²) in [4.78, 5) is 32.5. The summed E-state index contributed by atoms with van der Waals surface area (Å²) in [5.41, 5.74) is 5.37. The third kappa shape index (κ3) is 4.61. The molecule has 4 atom stereocenters. The standard InChI is InChI=1S/C35H42N4O5S/c1-37-23-10-11-24(37)19-38(18-23)34(41)35-17-29(35)28-16-25(44-2)12-14-26(28)32-31(21-7-5-4-6-8-21)27-13-9-22(15-30(27)39(32)20-35)33(40)36-45(3,42)43/h9,12-16,21,23-24,29H,4-8,10-11,17-20H2,1-3H3,(H,36,40). The van der Waals surface area contributed by atoms with E-state index in [1.807, 2.05) is 18.2 Å². The molecule has 3 aliphatic heterocycles. The van der Waals surface area contributed by atoms with Crippen molar-refractivity contribution in [3.63, 3.8) is 0 Å². The minimum atomic E-state index is -3.72. The Hall–Kier alpha value is -3.37. The fraction of sp³-hybridized carbons (Fsp3) is 0.543. The van der Waals surface area contributed by atoms with E-state index in [0.717, 1.165) is 79.4 Å². The molecule has 2 saturated carbocycles.